The molecule has 48 heavy (non-hydrogen) atoms. The lowest BCUT2D eigenvalue weighted by Crippen LogP contribution is -2.42. The van der Waals surface area contributed by atoms with Crippen LogP contribution in [0.3, 0.4) is 0 Å². The van der Waals surface area contributed by atoms with Gasteiger partial charge in [-0.15, -0.1) is 0 Å². The van der Waals surface area contributed by atoms with Gasteiger partial charge < -0.3 is 15.4 Å². The van der Waals surface area contributed by atoms with Crippen LogP contribution in [0.4, 0.5) is 21.7 Å². The van der Waals surface area contributed by atoms with Crippen LogP contribution in [0, 0.1) is 12.7 Å². The molecule has 0 aliphatic carbocycles. The normalized spacial score (nSPS) is 11.5. The number of nitrogens with zero attached hydrogens (tertiary/aromatic N) is 5. The van der Waals surface area contributed by atoms with Crippen LogP contribution in [0.1, 0.15) is 35.8 Å². The number of hydrogen-bond donors (Lipinski definition) is 2. The number of carbonyl (C=O) groups is 1. The Labute approximate surface area is 275 Å². The fraction of sp³-hybridized carbons (Fsp3) is 0.182. The van der Waals surface area contributed by atoms with Gasteiger partial charge in [0.2, 0.25) is 10.0 Å². The molecule has 0 aliphatic rings. The third-order valence-corrected chi connectivity index (χ3v) is 8.93. The van der Waals surface area contributed by atoms with Crippen LogP contribution in [-0.2, 0) is 10.0 Å². The molecule has 0 atom stereocenters. The Balaban J connectivity index is 1.33. The highest BCUT2D eigenvalue weighted by Crippen LogP contribution is 2.28. The molecule has 1 amide bonds. The molecule has 0 fully saturated rings. The van der Waals surface area contributed by atoms with Gasteiger partial charge in [0, 0.05) is 56.5 Å². The zero-order chi connectivity index (χ0) is 34.7. The van der Waals surface area contributed by atoms with Crippen molar-refractivity contribution in [3.63, 3.8) is 0 Å². The minimum atomic E-state index is -3.64. The second-order valence-electron chi connectivity index (χ2n) is 11.2. The Kier molecular flexibility index (Phi) is 9.54. The van der Waals surface area contributed by atoms with E-state index >= 15 is 4.39 Å². The molecule has 3 heterocycles. The number of benzene rings is 2. The van der Waals surface area contributed by atoms with Gasteiger partial charge in [0.15, 0.2) is 11.6 Å². The van der Waals surface area contributed by atoms with Gasteiger partial charge in [0.1, 0.15) is 27.8 Å². The van der Waals surface area contributed by atoms with Gasteiger partial charge in [-0.05, 0) is 63.2 Å². The molecule has 0 bridgehead atoms. The van der Waals surface area contributed by atoms with Crippen LogP contribution in [0.15, 0.2) is 99.8 Å². The van der Waals surface area contributed by atoms with Gasteiger partial charge in [-0.25, -0.2) is 36.4 Å². The van der Waals surface area contributed by atoms with Gasteiger partial charge in [-0.2, -0.15) is 0 Å². The average molecular weight is 674 g/mol. The number of carbonyl (C=O) groups excluding carboxylic acids is 1. The second-order valence-corrected chi connectivity index (χ2v) is 13.3. The first kappa shape index (κ1) is 33.7. The molecule has 0 aliphatic heterocycles. The van der Waals surface area contributed by atoms with Gasteiger partial charge >= 0.3 is 5.69 Å². The SMILES string of the molecule is Cc1ccc(-n2c(=O)c(C(=O)Nc3ccc(Oc4ccnc(Nc5ccc(S(=O)(=O)N(C)C)cn5)c4)c(F)c3)cn(C(C)C)c2=O)cc1. The lowest BCUT2D eigenvalue weighted by molar-refractivity contribution is 0.102. The number of amides is 1. The van der Waals surface area contributed by atoms with E-state index in [0.717, 1.165) is 20.5 Å². The highest BCUT2D eigenvalue weighted by molar-refractivity contribution is 7.89. The van der Waals surface area contributed by atoms with Crippen molar-refractivity contribution >= 4 is 33.3 Å². The first-order chi connectivity index (χ1) is 22.7. The van der Waals surface area contributed by atoms with Gasteiger partial charge in [0.05, 0.1) is 5.69 Å². The van der Waals surface area contributed by atoms with E-state index in [2.05, 4.69) is 20.6 Å². The Morgan fingerprint density at radius 1 is 0.958 bits per heavy atom. The lowest BCUT2D eigenvalue weighted by atomic mass is 10.2. The topological polar surface area (TPSA) is 158 Å². The third kappa shape index (κ3) is 7.16. The molecule has 0 saturated heterocycles. The minimum absolute atomic E-state index is 0.0251. The number of aryl methyl sites for hydroxylation is 1. The molecule has 2 aromatic carbocycles. The summed E-state index contributed by atoms with van der Waals surface area (Å²) in [6.07, 6.45) is 3.84. The first-order valence-electron chi connectivity index (χ1n) is 14.6. The van der Waals surface area contributed by atoms with Crippen LogP contribution in [0.2, 0.25) is 0 Å². The molecule has 248 valence electrons. The fourth-order valence-corrected chi connectivity index (χ4v) is 5.35. The van der Waals surface area contributed by atoms with Crippen LogP contribution < -0.4 is 26.6 Å². The van der Waals surface area contributed by atoms with Crippen molar-refractivity contribution in [1.82, 2.24) is 23.4 Å². The number of nitrogens with one attached hydrogen (secondary N) is 2. The number of hydrogen-bond acceptors (Lipinski definition) is 9. The maximum atomic E-state index is 15.2. The Hall–Kier alpha value is -5.67. The lowest BCUT2D eigenvalue weighted by Gasteiger charge is -2.16. The predicted octanol–water partition coefficient (Wildman–Crippen LogP) is 4.86. The minimum Gasteiger partial charge on any atom is -0.454 e. The van der Waals surface area contributed by atoms with Crippen molar-refractivity contribution in [1.29, 1.82) is 0 Å². The maximum Gasteiger partial charge on any atom is 0.335 e. The fourth-order valence-electron chi connectivity index (χ4n) is 4.50. The number of ether oxygens (including phenoxy) is 1. The molecular weight excluding hydrogens is 641 g/mol. The summed E-state index contributed by atoms with van der Waals surface area (Å²) >= 11 is 0. The molecule has 13 nitrogen and oxygen atoms in total. The Bertz CT molecular complexity index is 2220. The number of sulfonamides is 1. The summed E-state index contributed by atoms with van der Waals surface area (Å²) in [6.45, 7) is 5.37. The van der Waals surface area contributed by atoms with Crippen LogP contribution in [0.5, 0.6) is 11.5 Å². The maximum absolute atomic E-state index is 15.2. The summed E-state index contributed by atoms with van der Waals surface area (Å²) in [4.78, 5) is 48.2. The van der Waals surface area contributed by atoms with E-state index in [4.69, 9.17) is 4.74 Å². The molecule has 15 heteroatoms. The Morgan fingerprint density at radius 2 is 1.69 bits per heavy atom. The van der Waals surface area contributed by atoms with Crippen molar-refractivity contribution < 1.29 is 22.3 Å². The van der Waals surface area contributed by atoms with E-state index in [1.165, 1.54) is 73.7 Å². The molecule has 0 unspecified atom stereocenters. The number of anilines is 3. The quantitative estimate of drug-likeness (QED) is 0.211. The van der Waals surface area contributed by atoms with Crippen LogP contribution in [-0.4, -0.2) is 51.8 Å². The van der Waals surface area contributed by atoms with Crippen molar-refractivity contribution in [3.05, 3.63) is 123 Å². The van der Waals surface area contributed by atoms with Gasteiger partial charge in [-0.1, -0.05) is 17.7 Å². The molecule has 5 rings (SSSR count). The van der Waals surface area contributed by atoms with Gasteiger partial charge in [0.25, 0.3) is 11.5 Å². The summed E-state index contributed by atoms with van der Waals surface area (Å²) in [6, 6.07) is 16.0. The Morgan fingerprint density at radius 3 is 2.31 bits per heavy atom. The van der Waals surface area contributed by atoms with E-state index in [9.17, 15) is 22.8 Å². The number of rotatable bonds is 10. The molecule has 0 spiro atoms. The third-order valence-electron chi connectivity index (χ3n) is 7.13. The molecule has 2 N–H and O–H groups in total. The molecule has 0 radical (unpaired) electrons. The summed E-state index contributed by atoms with van der Waals surface area (Å²) in [5.41, 5.74) is -0.416. The van der Waals surface area contributed by atoms with E-state index in [-0.39, 0.29) is 33.7 Å². The highest BCUT2D eigenvalue weighted by Gasteiger charge is 2.21. The smallest absolute Gasteiger partial charge is 0.335 e. The zero-order valence-electron chi connectivity index (χ0n) is 26.6. The second kappa shape index (κ2) is 13.6. The number of aromatic nitrogens is 4. The predicted molar refractivity (Wildman–Crippen MR) is 178 cm³/mol. The average Bonchev–Trinajstić information content (AvgIpc) is 3.03. The summed E-state index contributed by atoms with van der Waals surface area (Å²) in [5.74, 6) is -0.944. The highest BCUT2D eigenvalue weighted by atomic mass is 32.2. The van der Waals surface area contributed by atoms with Gasteiger partial charge in [-0.3, -0.25) is 14.2 Å². The number of halogens is 1. The molecular formula is C33H32FN7O6S. The summed E-state index contributed by atoms with van der Waals surface area (Å²) in [5, 5.41) is 5.46. The summed E-state index contributed by atoms with van der Waals surface area (Å²) < 4.78 is 48.7. The zero-order valence-corrected chi connectivity index (χ0v) is 27.4. The molecule has 5 aromatic rings. The van der Waals surface area contributed by atoms with E-state index in [0.29, 0.717) is 17.3 Å². The molecule has 3 aromatic heterocycles. The van der Waals surface area contributed by atoms with Crippen molar-refractivity contribution in [2.24, 2.45) is 0 Å². The monoisotopic (exact) mass is 673 g/mol. The van der Waals surface area contributed by atoms with E-state index < -0.39 is 33.0 Å². The largest absolute Gasteiger partial charge is 0.454 e. The van der Waals surface area contributed by atoms with Crippen LogP contribution in [0.25, 0.3) is 5.69 Å². The standard InChI is InChI=1S/C33H32FN7O6S/c1-20(2)40-19-26(32(43)41(33(40)44)23-9-6-21(3)7-10-23)31(42)37-22-8-12-28(27(34)16-22)47-24-14-15-35-30(17-24)38-29-13-11-25(18-36-29)48(45,46)39(4)5/h6-20H,1-5H3,(H,37,42)(H,35,36,38). The first-order valence-corrected chi connectivity index (χ1v) is 16.0. The van der Waals surface area contributed by atoms with Crippen molar-refractivity contribution in [2.75, 3.05) is 24.7 Å². The van der Waals surface area contributed by atoms with Crippen molar-refractivity contribution in [2.45, 2.75) is 31.7 Å². The van der Waals surface area contributed by atoms with Crippen LogP contribution >= 0.6 is 0 Å². The molecule has 0 saturated carbocycles. The van der Waals surface area contributed by atoms with E-state index in [1.807, 2.05) is 6.92 Å². The number of pyridine rings is 2. The van der Waals surface area contributed by atoms with Crippen molar-refractivity contribution in [3.8, 4) is 17.2 Å². The summed E-state index contributed by atoms with van der Waals surface area (Å²) in [7, 11) is -0.793. The van der Waals surface area contributed by atoms with E-state index in [1.54, 1.807) is 38.1 Å².